The second kappa shape index (κ2) is 6.85. The van der Waals surface area contributed by atoms with Crippen LogP contribution in [0.15, 0.2) is 18.2 Å². The van der Waals surface area contributed by atoms with Gasteiger partial charge in [-0.3, -0.25) is 4.79 Å². The van der Waals surface area contributed by atoms with Crippen LogP contribution in [0.2, 0.25) is 0 Å². The Morgan fingerprint density at radius 2 is 1.95 bits per heavy atom. The zero-order valence-electron chi connectivity index (χ0n) is 12.3. The lowest BCUT2D eigenvalue weighted by Crippen LogP contribution is -2.51. The summed E-state index contributed by atoms with van der Waals surface area (Å²) < 4.78 is 31.7. The molecule has 0 saturated carbocycles. The molecule has 1 atom stereocenters. The third kappa shape index (κ3) is 3.91. The molecular weight excluding hydrogens is 278 g/mol. The van der Waals surface area contributed by atoms with Crippen LogP contribution in [0.1, 0.15) is 13.8 Å². The van der Waals surface area contributed by atoms with Gasteiger partial charge in [0.25, 0.3) is 5.91 Å². The molecule has 0 N–H and O–H groups in total. The van der Waals surface area contributed by atoms with Crippen LogP contribution in [0.4, 0.5) is 8.78 Å². The first-order valence-corrected chi connectivity index (χ1v) is 7.14. The Morgan fingerprint density at radius 3 is 2.52 bits per heavy atom. The average Bonchev–Trinajstić information content (AvgIpc) is 2.49. The van der Waals surface area contributed by atoms with Crippen molar-refractivity contribution in [3.63, 3.8) is 0 Å². The van der Waals surface area contributed by atoms with E-state index in [1.807, 2.05) is 0 Å². The summed E-state index contributed by atoms with van der Waals surface area (Å²) in [5.41, 5.74) is 0. The van der Waals surface area contributed by atoms with Crippen molar-refractivity contribution >= 4 is 5.91 Å². The summed E-state index contributed by atoms with van der Waals surface area (Å²) in [7, 11) is 0. The minimum atomic E-state index is -0.801. The van der Waals surface area contributed by atoms with Crippen molar-refractivity contribution in [3.05, 3.63) is 29.8 Å². The summed E-state index contributed by atoms with van der Waals surface area (Å²) in [6.07, 6.45) is -0.793. The fourth-order valence-electron chi connectivity index (χ4n) is 2.35. The van der Waals surface area contributed by atoms with Gasteiger partial charge in [-0.15, -0.1) is 0 Å². The zero-order chi connectivity index (χ0) is 15.4. The first-order chi connectivity index (χ1) is 10.0. The Labute approximate surface area is 123 Å². The van der Waals surface area contributed by atoms with Crippen LogP contribution < -0.4 is 4.74 Å². The highest BCUT2D eigenvalue weighted by molar-refractivity contribution is 5.81. The highest BCUT2D eigenvalue weighted by atomic mass is 19.1. The summed E-state index contributed by atoms with van der Waals surface area (Å²) >= 11 is 0. The van der Waals surface area contributed by atoms with Crippen molar-refractivity contribution in [2.45, 2.75) is 20.0 Å². The second-order valence-electron chi connectivity index (χ2n) is 5.09. The van der Waals surface area contributed by atoms with Gasteiger partial charge >= 0.3 is 0 Å². The molecule has 0 spiro atoms. The molecule has 1 amide bonds. The third-order valence-corrected chi connectivity index (χ3v) is 3.68. The molecular formula is C15H20F2N2O2. The number of piperazine rings is 1. The standard InChI is InChI=1S/C15H20F2N2O2/c1-3-18-6-8-19(9-7-18)15(20)11(2)21-14-5-4-12(16)10-13(14)17/h4-5,10-11H,3,6-9H2,1-2H3/t11-/m1/s1. The fourth-order valence-corrected chi connectivity index (χ4v) is 2.35. The normalized spacial score (nSPS) is 17.6. The van der Waals surface area contributed by atoms with E-state index < -0.39 is 17.7 Å². The second-order valence-corrected chi connectivity index (χ2v) is 5.09. The molecule has 1 aromatic carbocycles. The summed E-state index contributed by atoms with van der Waals surface area (Å²) in [6.45, 7) is 7.59. The molecule has 0 aliphatic carbocycles. The lowest BCUT2D eigenvalue weighted by molar-refractivity contribution is -0.139. The molecule has 1 saturated heterocycles. The van der Waals surface area contributed by atoms with E-state index in [0.717, 1.165) is 31.8 Å². The van der Waals surface area contributed by atoms with Crippen LogP contribution in [0, 0.1) is 11.6 Å². The Balaban J connectivity index is 1.93. The fraction of sp³-hybridized carbons (Fsp3) is 0.533. The van der Waals surface area contributed by atoms with Crippen molar-refractivity contribution in [1.82, 2.24) is 9.80 Å². The number of halogens is 2. The number of ether oxygens (including phenoxy) is 1. The van der Waals surface area contributed by atoms with Gasteiger partial charge in [0, 0.05) is 32.2 Å². The van der Waals surface area contributed by atoms with Gasteiger partial charge in [0.05, 0.1) is 0 Å². The maximum Gasteiger partial charge on any atom is 0.263 e. The number of likely N-dealkylation sites (N-methyl/N-ethyl adjacent to an activating group) is 1. The zero-order valence-corrected chi connectivity index (χ0v) is 12.3. The Kier molecular flexibility index (Phi) is 5.12. The van der Waals surface area contributed by atoms with Gasteiger partial charge in [-0.25, -0.2) is 8.78 Å². The summed E-state index contributed by atoms with van der Waals surface area (Å²) in [4.78, 5) is 16.2. The first-order valence-electron chi connectivity index (χ1n) is 7.14. The molecule has 0 unspecified atom stereocenters. The maximum absolute atomic E-state index is 13.5. The van der Waals surface area contributed by atoms with Crippen LogP contribution >= 0.6 is 0 Å². The molecule has 1 aliphatic heterocycles. The van der Waals surface area contributed by atoms with Crippen LogP contribution in [0.25, 0.3) is 0 Å². The molecule has 2 rings (SSSR count). The highest BCUT2D eigenvalue weighted by Crippen LogP contribution is 2.19. The van der Waals surface area contributed by atoms with Crippen LogP contribution in [0.3, 0.4) is 0 Å². The van der Waals surface area contributed by atoms with Crippen LogP contribution in [-0.4, -0.2) is 54.5 Å². The van der Waals surface area contributed by atoms with Gasteiger partial charge in [0.2, 0.25) is 0 Å². The predicted molar refractivity (Wildman–Crippen MR) is 75.1 cm³/mol. The number of benzene rings is 1. The van der Waals surface area contributed by atoms with Gasteiger partial charge in [0.1, 0.15) is 5.82 Å². The number of hydrogen-bond acceptors (Lipinski definition) is 3. The number of hydrogen-bond donors (Lipinski definition) is 0. The van der Waals surface area contributed by atoms with E-state index in [-0.39, 0.29) is 11.7 Å². The molecule has 6 heteroatoms. The van der Waals surface area contributed by atoms with Crippen LogP contribution in [0.5, 0.6) is 5.75 Å². The summed E-state index contributed by atoms with van der Waals surface area (Å²) in [5, 5.41) is 0. The molecule has 21 heavy (non-hydrogen) atoms. The lowest BCUT2D eigenvalue weighted by Gasteiger charge is -2.35. The number of amides is 1. The molecule has 1 aromatic rings. The topological polar surface area (TPSA) is 32.8 Å². The van der Waals surface area contributed by atoms with Crippen molar-refractivity contribution in [2.75, 3.05) is 32.7 Å². The average molecular weight is 298 g/mol. The SMILES string of the molecule is CCN1CCN(C(=O)[C@@H](C)Oc2ccc(F)cc2F)CC1. The lowest BCUT2D eigenvalue weighted by atomic mass is 10.2. The smallest absolute Gasteiger partial charge is 0.263 e. The van der Waals surface area contributed by atoms with Crippen molar-refractivity contribution in [1.29, 1.82) is 0 Å². The minimum absolute atomic E-state index is 0.107. The number of carbonyl (C=O) groups is 1. The van der Waals surface area contributed by atoms with E-state index in [2.05, 4.69) is 11.8 Å². The predicted octanol–water partition coefficient (Wildman–Crippen LogP) is 1.90. The van der Waals surface area contributed by atoms with E-state index in [9.17, 15) is 13.6 Å². The number of rotatable bonds is 4. The third-order valence-electron chi connectivity index (χ3n) is 3.68. The van der Waals surface area contributed by atoms with Gasteiger partial charge in [-0.2, -0.15) is 0 Å². The van der Waals surface area contributed by atoms with E-state index in [0.29, 0.717) is 13.1 Å². The van der Waals surface area contributed by atoms with Crippen molar-refractivity contribution < 1.29 is 18.3 Å². The highest BCUT2D eigenvalue weighted by Gasteiger charge is 2.26. The molecule has 0 bridgehead atoms. The molecule has 1 heterocycles. The van der Waals surface area contributed by atoms with Crippen LogP contribution in [-0.2, 0) is 4.79 Å². The number of carbonyl (C=O) groups excluding carboxylic acids is 1. The Bertz CT molecular complexity index is 502. The summed E-state index contributed by atoms with van der Waals surface area (Å²) in [5.74, 6) is -1.75. The molecule has 0 radical (unpaired) electrons. The summed E-state index contributed by atoms with van der Waals surface area (Å²) in [6, 6.07) is 3.05. The van der Waals surface area contributed by atoms with Crippen molar-refractivity contribution in [2.24, 2.45) is 0 Å². The number of nitrogens with zero attached hydrogens (tertiary/aromatic N) is 2. The van der Waals surface area contributed by atoms with Gasteiger partial charge in [-0.05, 0) is 25.6 Å². The Hall–Kier alpha value is -1.69. The monoisotopic (exact) mass is 298 g/mol. The van der Waals surface area contributed by atoms with Gasteiger partial charge in [-0.1, -0.05) is 6.92 Å². The van der Waals surface area contributed by atoms with E-state index in [1.165, 1.54) is 6.07 Å². The quantitative estimate of drug-likeness (QED) is 0.851. The maximum atomic E-state index is 13.5. The molecule has 4 nitrogen and oxygen atoms in total. The molecule has 1 fully saturated rings. The van der Waals surface area contributed by atoms with E-state index in [4.69, 9.17) is 4.74 Å². The molecule has 0 aromatic heterocycles. The van der Waals surface area contributed by atoms with Gasteiger partial charge in [0.15, 0.2) is 17.7 Å². The van der Waals surface area contributed by atoms with E-state index in [1.54, 1.807) is 11.8 Å². The first kappa shape index (κ1) is 15.7. The molecule has 1 aliphatic rings. The Morgan fingerprint density at radius 1 is 1.29 bits per heavy atom. The largest absolute Gasteiger partial charge is 0.478 e. The van der Waals surface area contributed by atoms with Crippen molar-refractivity contribution in [3.8, 4) is 5.75 Å². The van der Waals surface area contributed by atoms with E-state index >= 15 is 0 Å². The molecule has 116 valence electrons. The minimum Gasteiger partial charge on any atom is -0.478 e. The van der Waals surface area contributed by atoms with Gasteiger partial charge < -0.3 is 14.5 Å².